The molecule has 2 aromatic heterocycles. The maximum atomic E-state index is 14.1. The molecule has 3 N–H and O–H groups in total. The Hall–Kier alpha value is -3.87. The van der Waals surface area contributed by atoms with Crippen LogP contribution in [0.5, 0.6) is 0 Å². The maximum Gasteiger partial charge on any atom is 0.315 e. The molecule has 0 bridgehead atoms. The zero-order valence-electron chi connectivity index (χ0n) is 13.3. The van der Waals surface area contributed by atoms with Crippen molar-refractivity contribution in [2.45, 2.75) is 6.43 Å². The Labute approximate surface area is 148 Å². The third-order valence-corrected chi connectivity index (χ3v) is 3.62. The number of nitrogens with zero attached hydrogens (tertiary/aromatic N) is 2. The summed E-state index contributed by atoms with van der Waals surface area (Å²) in [6.45, 7) is 0. The molecule has 0 aliphatic carbocycles. The number of fused-ring (bicyclic) bond motifs is 1. The van der Waals surface area contributed by atoms with Crippen LogP contribution in [-0.2, 0) is 4.79 Å². The molecule has 7 nitrogen and oxygen atoms in total. The number of nitrogens with one attached hydrogen (secondary N) is 1. The molecule has 0 unspecified atom stereocenters. The van der Waals surface area contributed by atoms with Gasteiger partial charge in [-0.15, -0.1) is 0 Å². The van der Waals surface area contributed by atoms with Gasteiger partial charge < -0.3 is 15.5 Å². The number of carbonyl (C=O) groups excluding carboxylic acids is 1. The van der Waals surface area contributed by atoms with Crippen LogP contribution in [0.25, 0.3) is 22.3 Å². The van der Waals surface area contributed by atoms with Crippen LogP contribution >= 0.6 is 0 Å². The van der Waals surface area contributed by atoms with Crippen molar-refractivity contribution in [1.82, 2.24) is 4.98 Å². The van der Waals surface area contributed by atoms with E-state index in [0.29, 0.717) is 5.56 Å². The number of halogens is 3. The number of hydrogen-bond acceptors (Lipinski definition) is 6. The predicted molar refractivity (Wildman–Crippen MR) is 89.4 cm³/mol. The SMILES string of the molecule is N#Cc1ccc(-c2cc(=O)c3cc(F)c(NC(=O)C(F)F)c(N)c3o2)cn1. The Morgan fingerprint density at radius 1 is 1.33 bits per heavy atom. The van der Waals surface area contributed by atoms with Gasteiger partial charge in [-0.2, -0.15) is 14.0 Å². The van der Waals surface area contributed by atoms with Crippen LogP contribution in [0.4, 0.5) is 24.5 Å². The summed E-state index contributed by atoms with van der Waals surface area (Å²) in [6, 6.07) is 6.49. The van der Waals surface area contributed by atoms with E-state index in [0.717, 1.165) is 12.1 Å². The molecular formula is C17H9F3N4O3. The minimum atomic E-state index is -3.39. The zero-order chi connectivity index (χ0) is 19.7. The van der Waals surface area contributed by atoms with Gasteiger partial charge in [0.1, 0.15) is 34.7 Å². The van der Waals surface area contributed by atoms with Crippen molar-refractivity contribution in [2.24, 2.45) is 0 Å². The lowest BCUT2D eigenvalue weighted by molar-refractivity contribution is -0.126. The van der Waals surface area contributed by atoms with Gasteiger partial charge in [0.2, 0.25) is 0 Å². The van der Waals surface area contributed by atoms with E-state index in [1.54, 1.807) is 5.32 Å². The van der Waals surface area contributed by atoms with Crippen LogP contribution in [0.1, 0.15) is 5.69 Å². The van der Waals surface area contributed by atoms with Crippen LogP contribution in [0.2, 0.25) is 0 Å². The van der Waals surface area contributed by atoms with Gasteiger partial charge in [-0.25, -0.2) is 9.37 Å². The van der Waals surface area contributed by atoms with Gasteiger partial charge in [0.05, 0.1) is 5.39 Å². The van der Waals surface area contributed by atoms with Crippen molar-refractivity contribution in [1.29, 1.82) is 5.26 Å². The average molecular weight is 374 g/mol. The van der Waals surface area contributed by atoms with E-state index in [9.17, 15) is 22.8 Å². The second-order valence-corrected chi connectivity index (χ2v) is 5.33. The average Bonchev–Trinajstić information content (AvgIpc) is 2.65. The van der Waals surface area contributed by atoms with Crippen LogP contribution in [0.3, 0.4) is 0 Å². The third-order valence-electron chi connectivity index (χ3n) is 3.62. The van der Waals surface area contributed by atoms with Crippen LogP contribution in [0, 0.1) is 17.1 Å². The molecular weight excluding hydrogens is 365 g/mol. The van der Waals surface area contributed by atoms with Gasteiger partial charge in [0, 0.05) is 17.8 Å². The first kappa shape index (κ1) is 17.9. The second-order valence-electron chi connectivity index (χ2n) is 5.33. The fraction of sp³-hybridized carbons (Fsp3) is 0.0588. The summed E-state index contributed by atoms with van der Waals surface area (Å²) in [5.41, 5.74) is 4.05. The third kappa shape index (κ3) is 3.30. The Morgan fingerprint density at radius 2 is 2.07 bits per heavy atom. The topological polar surface area (TPSA) is 122 Å². The van der Waals surface area contributed by atoms with E-state index in [1.165, 1.54) is 18.3 Å². The summed E-state index contributed by atoms with van der Waals surface area (Å²) in [5, 5.41) is 10.2. The maximum absolute atomic E-state index is 14.1. The molecule has 0 spiro atoms. The standard InChI is InChI=1S/C17H9F3N4O3/c18-10-3-9-11(25)4-12(7-1-2-8(5-21)23-6-7)27-15(9)13(22)14(10)24-17(26)16(19)20/h1-4,6,16H,22H2,(H,24,26). The van der Waals surface area contributed by atoms with Crippen molar-refractivity contribution in [2.75, 3.05) is 11.1 Å². The highest BCUT2D eigenvalue weighted by Crippen LogP contribution is 2.33. The number of anilines is 2. The Bertz CT molecular complexity index is 1150. The molecule has 0 saturated heterocycles. The number of nitrogen functional groups attached to an aromatic ring is 1. The Morgan fingerprint density at radius 3 is 2.67 bits per heavy atom. The lowest BCUT2D eigenvalue weighted by Crippen LogP contribution is -2.22. The molecule has 1 amide bonds. The highest BCUT2D eigenvalue weighted by atomic mass is 19.3. The van der Waals surface area contributed by atoms with Gasteiger partial charge in [-0.3, -0.25) is 9.59 Å². The number of nitrogens with two attached hydrogens (primary N) is 1. The van der Waals surface area contributed by atoms with E-state index < -0.39 is 35.0 Å². The second kappa shape index (κ2) is 6.80. The van der Waals surface area contributed by atoms with Gasteiger partial charge in [0.15, 0.2) is 11.0 Å². The zero-order valence-corrected chi connectivity index (χ0v) is 13.3. The minimum Gasteiger partial charge on any atom is -0.453 e. The normalized spacial score (nSPS) is 10.8. The molecule has 0 aliphatic heterocycles. The summed E-state index contributed by atoms with van der Waals surface area (Å²) in [4.78, 5) is 27.3. The van der Waals surface area contributed by atoms with Crippen molar-refractivity contribution in [3.05, 3.63) is 52.2 Å². The number of pyridine rings is 1. The summed E-state index contributed by atoms with van der Waals surface area (Å²) in [5.74, 6) is -2.90. The number of hydrogen-bond donors (Lipinski definition) is 2. The molecule has 0 aliphatic rings. The number of amides is 1. The van der Waals surface area contributed by atoms with Gasteiger partial charge in [-0.05, 0) is 18.2 Å². The van der Waals surface area contributed by atoms with E-state index in [1.807, 2.05) is 6.07 Å². The fourth-order valence-corrected chi connectivity index (χ4v) is 2.33. The molecule has 0 atom stereocenters. The molecule has 0 radical (unpaired) electrons. The van der Waals surface area contributed by atoms with E-state index in [4.69, 9.17) is 15.4 Å². The highest BCUT2D eigenvalue weighted by Gasteiger charge is 2.22. The largest absolute Gasteiger partial charge is 0.453 e. The molecule has 27 heavy (non-hydrogen) atoms. The molecule has 136 valence electrons. The highest BCUT2D eigenvalue weighted by molar-refractivity contribution is 6.02. The quantitative estimate of drug-likeness (QED) is 0.680. The summed E-state index contributed by atoms with van der Waals surface area (Å²) < 4.78 is 44.5. The van der Waals surface area contributed by atoms with Crippen LogP contribution < -0.4 is 16.5 Å². The number of aromatic nitrogens is 1. The van der Waals surface area contributed by atoms with Crippen LogP contribution in [0.15, 0.2) is 39.7 Å². The molecule has 3 aromatic rings. The number of rotatable bonds is 3. The molecule has 2 heterocycles. The van der Waals surface area contributed by atoms with E-state index in [-0.39, 0.29) is 22.4 Å². The number of carbonyl (C=O) groups is 1. The van der Waals surface area contributed by atoms with Crippen molar-refractivity contribution >= 4 is 28.3 Å². The lowest BCUT2D eigenvalue weighted by Gasteiger charge is -2.12. The lowest BCUT2D eigenvalue weighted by atomic mass is 10.1. The summed E-state index contributed by atoms with van der Waals surface area (Å²) in [6.07, 6.45) is -2.11. The Kier molecular flexibility index (Phi) is 4.51. The molecule has 0 saturated carbocycles. The number of benzene rings is 1. The first-order valence-corrected chi connectivity index (χ1v) is 7.33. The molecule has 10 heteroatoms. The fourth-order valence-electron chi connectivity index (χ4n) is 2.33. The Balaban J connectivity index is 2.19. The first-order chi connectivity index (χ1) is 12.8. The first-order valence-electron chi connectivity index (χ1n) is 7.33. The number of alkyl halides is 2. The van der Waals surface area contributed by atoms with Crippen molar-refractivity contribution < 1.29 is 22.4 Å². The summed E-state index contributed by atoms with van der Waals surface area (Å²) >= 11 is 0. The summed E-state index contributed by atoms with van der Waals surface area (Å²) in [7, 11) is 0. The minimum absolute atomic E-state index is 0.00827. The molecule has 3 rings (SSSR count). The van der Waals surface area contributed by atoms with Gasteiger partial charge >= 0.3 is 6.43 Å². The van der Waals surface area contributed by atoms with Crippen molar-refractivity contribution in [3.63, 3.8) is 0 Å². The monoisotopic (exact) mass is 374 g/mol. The van der Waals surface area contributed by atoms with E-state index >= 15 is 0 Å². The van der Waals surface area contributed by atoms with Gasteiger partial charge in [-0.1, -0.05) is 0 Å². The predicted octanol–water partition coefficient (Wildman–Crippen LogP) is 2.65. The molecule has 1 aromatic carbocycles. The smallest absolute Gasteiger partial charge is 0.315 e. The number of nitriles is 1. The van der Waals surface area contributed by atoms with Gasteiger partial charge in [0.25, 0.3) is 5.91 Å². The van der Waals surface area contributed by atoms with Crippen LogP contribution in [-0.4, -0.2) is 17.3 Å². The van der Waals surface area contributed by atoms with Crippen molar-refractivity contribution in [3.8, 4) is 17.4 Å². The molecule has 0 fully saturated rings. The van der Waals surface area contributed by atoms with E-state index in [2.05, 4.69) is 4.98 Å².